The molecule has 0 aliphatic carbocycles. The van der Waals surface area contributed by atoms with Crippen LogP contribution in [-0.2, 0) is 4.79 Å². The highest BCUT2D eigenvalue weighted by molar-refractivity contribution is 5.80. The van der Waals surface area contributed by atoms with Gasteiger partial charge in [-0.05, 0) is 38.3 Å². The van der Waals surface area contributed by atoms with Crippen molar-refractivity contribution in [1.29, 1.82) is 0 Å². The van der Waals surface area contributed by atoms with Gasteiger partial charge in [-0.15, -0.1) is 0 Å². The Balaban J connectivity index is 1.39. The van der Waals surface area contributed by atoms with E-state index in [1.807, 2.05) is 6.07 Å². The van der Waals surface area contributed by atoms with Gasteiger partial charge in [0.15, 0.2) is 0 Å². The van der Waals surface area contributed by atoms with E-state index in [0.717, 1.165) is 51.5 Å². The number of aromatic nitrogens is 2. The van der Waals surface area contributed by atoms with Crippen LogP contribution in [0.5, 0.6) is 0 Å². The number of hydrogen-bond donors (Lipinski definition) is 0. The van der Waals surface area contributed by atoms with Gasteiger partial charge < -0.3 is 9.80 Å². The molecular weight excluding hydrogens is 302 g/mol. The lowest BCUT2D eigenvalue weighted by Crippen LogP contribution is -2.58. The van der Waals surface area contributed by atoms with Gasteiger partial charge in [0.05, 0.1) is 5.92 Å². The molecule has 1 aromatic rings. The number of carbonyl (C=O) groups excluding carboxylic acids is 1. The van der Waals surface area contributed by atoms with Gasteiger partial charge in [0.2, 0.25) is 11.9 Å². The van der Waals surface area contributed by atoms with Crippen LogP contribution in [0.1, 0.15) is 32.1 Å². The molecule has 6 heteroatoms. The van der Waals surface area contributed by atoms with Crippen LogP contribution in [0.2, 0.25) is 0 Å². The lowest BCUT2D eigenvalue weighted by Gasteiger charge is -2.45. The first kappa shape index (κ1) is 15.8. The molecule has 1 amide bonds. The highest BCUT2D eigenvalue weighted by Crippen LogP contribution is 2.25. The molecule has 4 heterocycles. The SMILES string of the molecule is O=C([C@@H]1CCCN(c2ncccn2)C1)N1CCN2CCCC[C@@H]2C1. The number of piperidine rings is 2. The van der Waals surface area contributed by atoms with E-state index < -0.39 is 0 Å². The van der Waals surface area contributed by atoms with Crippen LogP contribution in [0.25, 0.3) is 0 Å². The Kier molecular flexibility index (Phi) is 4.65. The molecule has 6 nitrogen and oxygen atoms in total. The zero-order valence-electron chi connectivity index (χ0n) is 14.3. The quantitative estimate of drug-likeness (QED) is 0.821. The van der Waals surface area contributed by atoms with Crippen molar-refractivity contribution in [3.05, 3.63) is 18.5 Å². The van der Waals surface area contributed by atoms with Crippen LogP contribution in [0.15, 0.2) is 18.5 Å². The summed E-state index contributed by atoms with van der Waals surface area (Å²) in [6.45, 7) is 5.80. The second-order valence-corrected chi connectivity index (χ2v) is 7.30. The molecule has 0 spiro atoms. The van der Waals surface area contributed by atoms with E-state index in [-0.39, 0.29) is 5.92 Å². The molecule has 0 bridgehead atoms. The van der Waals surface area contributed by atoms with E-state index in [9.17, 15) is 4.79 Å². The first-order chi connectivity index (χ1) is 11.8. The maximum absolute atomic E-state index is 13.0. The predicted octanol–water partition coefficient (Wildman–Crippen LogP) is 1.39. The highest BCUT2D eigenvalue weighted by Gasteiger charge is 2.35. The molecule has 0 N–H and O–H groups in total. The lowest BCUT2D eigenvalue weighted by atomic mass is 9.94. The molecular formula is C18H27N5O. The van der Waals surface area contributed by atoms with Gasteiger partial charge >= 0.3 is 0 Å². The van der Waals surface area contributed by atoms with E-state index in [1.165, 1.54) is 25.8 Å². The summed E-state index contributed by atoms with van der Waals surface area (Å²) in [5.74, 6) is 1.20. The van der Waals surface area contributed by atoms with Gasteiger partial charge in [0.25, 0.3) is 0 Å². The Labute approximate surface area is 143 Å². The van der Waals surface area contributed by atoms with Gasteiger partial charge in [0, 0.05) is 51.2 Å². The molecule has 130 valence electrons. The fourth-order valence-electron chi connectivity index (χ4n) is 4.43. The van der Waals surface area contributed by atoms with Crippen molar-refractivity contribution in [1.82, 2.24) is 19.8 Å². The minimum atomic E-state index is 0.0951. The Morgan fingerprint density at radius 3 is 2.71 bits per heavy atom. The van der Waals surface area contributed by atoms with Gasteiger partial charge in [0.1, 0.15) is 0 Å². The van der Waals surface area contributed by atoms with Crippen molar-refractivity contribution in [3.63, 3.8) is 0 Å². The van der Waals surface area contributed by atoms with Gasteiger partial charge in [-0.3, -0.25) is 9.69 Å². The predicted molar refractivity (Wildman–Crippen MR) is 92.8 cm³/mol. The zero-order chi connectivity index (χ0) is 16.4. The molecule has 0 saturated carbocycles. The summed E-state index contributed by atoms with van der Waals surface area (Å²) < 4.78 is 0. The van der Waals surface area contributed by atoms with Gasteiger partial charge in [-0.2, -0.15) is 0 Å². The maximum atomic E-state index is 13.0. The molecule has 2 atom stereocenters. The number of rotatable bonds is 2. The molecule has 1 aromatic heterocycles. The van der Waals surface area contributed by atoms with E-state index in [0.29, 0.717) is 11.9 Å². The molecule has 3 aliphatic heterocycles. The van der Waals surface area contributed by atoms with E-state index in [2.05, 4.69) is 24.7 Å². The summed E-state index contributed by atoms with van der Waals surface area (Å²) >= 11 is 0. The number of hydrogen-bond acceptors (Lipinski definition) is 5. The highest BCUT2D eigenvalue weighted by atomic mass is 16.2. The van der Waals surface area contributed by atoms with Crippen LogP contribution < -0.4 is 4.90 Å². The summed E-state index contributed by atoms with van der Waals surface area (Å²) in [7, 11) is 0. The van der Waals surface area contributed by atoms with Gasteiger partial charge in [-0.25, -0.2) is 9.97 Å². The number of amides is 1. The van der Waals surface area contributed by atoms with Crippen molar-refractivity contribution in [2.75, 3.05) is 44.2 Å². The molecule has 3 fully saturated rings. The van der Waals surface area contributed by atoms with Crippen molar-refractivity contribution in [2.24, 2.45) is 5.92 Å². The first-order valence-electron chi connectivity index (χ1n) is 9.36. The van der Waals surface area contributed by atoms with Gasteiger partial charge in [-0.1, -0.05) is 6.42 Å². The summed E-state index contributed by atoms with van der Waals surface area (Å²) in [6.07, 6.45) is 9.46. The molecule has 3 saturated heterocycles. The minimum absolute atomic E-state index is 0.0951. The Morgan fingerprint density at radius 1 is 0.958 bits per heavy atom. The molecule has 0 aromatic carbocycles. The first-order valence-corrected chi connectivity index (χ1v) is 9.36. The van der Waals surface area contributed by atoms with Crippen LogP contribution in [0, 0.1) is 5.92 Å². The smallest absolute Gasteiger partial charge is 0.227 e. The van der Waals surface area contributed by atoms with Crippen LogP contribution >= 0.6 is 0 Å². The summed E-state index contributed by atoms with van der Waals surface area (Å²) in [5, 5.41) is 0. The number of piperazine rings is 1. The van der Waals surface area contributed by atoms with E-state index >= 15 is 0 Å². The Hall–Kier alpha value is -1.69. The average molecular weight is 329 g/mol. The number of nitrogens with zero attached hydrogens (tertiary/aromatic N) is 5. The van der Waals surface area contributed by atoms with Crippen molar-refractivity contribution < 1.29 is 4.79 Å². The normalized spacial score (nSPS) is 28.5. The van der Waals surface area contributed by atoms with Crippen LogP contribution in [0.3, 0.4) is 0 Å². The van der Waals surface area contributed by atoms with E-state index in [1.54, 1.807) is 12.4 Å². The third-order valence-corrected chi connectivity index (χ3v) is 5.75. The number of fused-ring (bicyclic) bond motifs is 1. The standard InChI is InChI=1S/C18H27N5O/c24-17(22-12-11-21-9-2-1-6-16(21)14-22)15-5-3-10-23(13-15)18-19-7-4-8-20-18/h4,7-8,15-16H,1-3,5-6,9-14H2/t15-,16-/m1/s1. The second-order valence-electron chi connectivity index (χ2n) is 7.30. The molecule has 3 aliphatic rings. The van der Waals surface area contributed by atoms with Crippen molar-refractivity contribution in [3.8, 4) is 0 Å². The summed E-state index contributed by atoms with van der Waals surface area (Å²) in [4.78, 5) is 28.6. The molecule has 24 heavy (non-hydrogen) atoms. The third-order valence-electron chi connectivity index (χ3n) is 5.75. The van der Waals surface area contributed by atoms with E-state index in [4.69, 9.17) is 0 Å². The van der Waals surface area contributed by atoms with Crippen molar-refractivity contribution in [2.45, 2.75) is 38.1 Å². The summed E-state index contributed by atoms with van der Waals surface area (Å²) in [6, 6.07) is 2.42. The van der Waals surface area contributed by atoms with Crippen LogP contribution in [0.4, 0.5) is 5.95 Å². The largest absolute Gasteiger partial charge is 0.340 e. The molecule has 0 unspecified atom stereocenters. The topological polar surface area (TPSA) is 52.6 Å². The Morgan fingerprint density at radius 2 is 1.83 bits per heavy atom. The second kappa shape index (κ2) is 7.05. The zero-order valence-corrected chi connectivity index (χ0v) is 14.3. The number of anilines is 1. The van der Waals surface area contributed by atoms with Crippen LogP contribution in [-0.4, -0.2) is 71.0 Å². The molecule has 0 radical (unpaired) electrons. The summed E-state index contributed by atoms with van der Waals surface area (Å²) in [5.41, 5.74) is 0. The Bertz CT molecular complexity index is 566. The third kappa shape index (κ3) is 3.24. The maximum Gasteiger partial charge on any atom is 0.227 e. The van der Waals surface area contributed by atoms with Crippen molar-refractivity contribution >= 4 is 11.9 Å². The fourth-order valence-corrected chi connectivity index (χ4v) is 4.43. The average Bonchev–Trinajstić information content (AvgIpc) is 2.68. The monoisotopic (exact) mass is 329 g/mol. The molecule has 4 rings (SSSR count). The minimum Gasteiger partial charge on any atom is -0.340 e. The fraction of sp³-hybridized carbons (Fsp3) is 0.722. The lowest BCUT2D eigenvalue weighted by molar-refractivity contribution is -0.139. The number of carbonyl (C=O) groups is 1.